The number of alkyl halides is 1. The van der Waals surface area contributed by atoms with Gasteiger partial charge in [-0.3, -0.25) is 0 Å². The van der Waals surface area contributed by atoms with E-state index >= 15 is 0 Å². The Kier molecular flexibility index (Phi) is 160. The number of carbonyl (C=O) groups excluding carboxylic acids is 1. The van der Waals surface area contributed by atoms with Crippen molar-refractivity contribution in [3.8, 4) is 0 Å². The molecule has 0 N–H and O–H groups in total. The predicted octanol–water partition coefficient (Wildman–Crippen LogP) is 5.84. The van der Waals surface area contributed by atoms with Crippen LogP contribution in [0.2, 0.25) is 0 Å². The summed E-state index contributed by atoms with van der Waals surface area (Å²) in [5, 5.41) is 0. The van der Waals surface area contributed by atoms with Crippen LogP contribution in [0.4, 0.5) is 13.5 Å². The first-order valence-electron chi connectivity index (χ1n) is 2.45. The third-order valence-corrected chi connectivity index (χ3v) is 0.488. The molecule has 7 heteroatoms. The van der Waals surface area contributed by atoms with Gasteiger partial charge in [0.05, 0.1) is 0 Å². The van der Waals surface area contributed by atoms with Gasteiger partial charge in [0.15, 0.2) is 0 Å². The van der Waals surface area contributed by atoms with Crippen molar-refractivity contribution in [1.82, 2.24) is 0 Å². The molecule has 0 amide bonds. The Morgan fingerprint density at radius 2 is 1.50 bits per heavy atom. The summed E-state index contributed by atoms with van der Waals surface area (Å²) in [6.07, 6.45) is 0.996. The Balaban J connectivity index is -0.0000000183. The Labute approximate surface area is 121 Å². The lowest BCUT2D eigenvalue weighted by Crippen LogP contribution is -2.02. The minimum absolute atomic E-state index is 0. The van der Waals surface area contributed by atoms with E-state index in [0.29, 0.717) is 0 Å². The minimum atomic E-state index is -0.639. The van der Waals surface area contributed by atoms with Crippen molar-refractivity contribution in [1.29, 1.82) is 0 Å². The van der Waals surface area contributed by atoms with Crippen molar-refractivity contribution >= 4 is 43.2 Å². The molecule has 0 saturated carbocycles. The molecule has 0 unspecified atom stereocenters. The van der Waals surface area contributed by atoms with E-state index in [9.17, 15) is 9.18 Å². The van der Waals surface area contributed by atoms with Gasteiger partial charge in [0, 0.05) is 52.5 Å². The number of rotatable bonds is 3. The van der Waals surface area contributed by atoms with Gasteiger partial charge in [0.2, 0.25) is 0 Å². The molecule has 0 bridgehead atoms. The monoisotopic (exact) mass is 474 g/mol. The van der Waals surface area contributed by atoms with E-state index in [1.807, 2.05) is 0 Å². The number of halogens is 5. The molecule has 0 spiro atoms. The SMILES string of the molecule is C.C.C.C.C=CC(=O)OCCF.FF.II. The van der Waals surface area contributed by atoms with Crippen LogP contribution in [0, 0.1) is 0 Å². The molecular formula is C9H23F3I2O2. The van der Waals surface area contributed by atoms with Crippen LogP contribution >= 0.6 is 37.2 Å². The Bertz CT molecular complexity index is 107. The van der Waals surface area contributed by atoms with Crippen LogP contribution in [0.25, 0.3) is 0 Å². The van der Waals surface area contributed by atoms with Crippen molar-refractivity contribution in [3.05, 3.63) is 12.7 Å². The second-order valence-corrected chi connectivity index (χ2v) is 1.06. The third-order valence-electron chi connectivity index (χ3n) is 0.488. The van der Waals surface area contributed by atoms with Crippen molar-refractivity contribution < 1.29 is 23.1 Å². The maximum atomic E-state index is 11.2. The molecule has 0 saturated heterocycles. The average molecular weight is 474 g/mol. The van der Waals surface area contributed by atoms with Crippen LogP contribution in [0.15, 0.2) is 12.7 Å². The van der Waals surface area contributed by atoms with Crippen LogP contribution in [0.3, 0.4) is 0 Å². The standard InChI is InChI=1S/C5H7FO2.4CH4.F2.I2/c1-2-5(7)8-4-3-6;;;;;2*1-2/h2H,1,3-4H2;4*1H4;;. The van der Waals surface area contributed by atoms with Gasteiger partial charge in [0.1, 0.15) is 13.3 Å². The molecule has 106 valence electrons. The number of carbonyl (C=O) groups is 1. The van der Waals surface area contributed by atoms with E-state index in [1.165, 1.54) is 0 Å². The van der Waals surface area contributed by atoms with Gasteiger partial charge in [0.25, 0.3) is 0 Å². The first-order valence-corrected chi connectivity index (χ1v) is 8.73. The van der Waals surface area contributed by atoms with Crippen LogP contribution in [-0.2, 0) is 9.53 Å². The molecule has 0 atom stereocenters. The summed E-state index contributed by atoms with van der Waals surface area (Å²) in [5.74, 6) is -0.581. The van der Waals surface area contributed by atoms with Gasteiger partial charge in [-0.05, 0) is 0 Å². The normalized spacial score (nSPS) is 4.81. The highest BCUT2D eigenvalue weighted by Gasteiger charge is 1.90. The second kappa shape index (κ2) is 58.1. The number of ether oxygens (including phenoxy) is 1. The first-order chi connectivity index (χ1) is 5.81. The van der Waals surface area contributed by atoms with Crippen molar-refractivity contribution in [2.24, 2.45) is 0 Å². The van der Waals surface area contributed by atoms with E-state index in [2.05, 4.69) is 48.5 Å². The fraction of sp³-hybridized carbons (Fsp3) is 0.667. The van der Waals surface area contributed by atoms with Crippen LogP contribution in [0.1, 0.15) is 29.7 Å². The second-order valence-electron chi connectivity index (χ2n) is 1.06. The zero-order valence-electron chi connectivity index (χ0n) is 5.90. The van der Waals surface area contributed by atoms with Gasteiger partial charge in [-0.25, -0.2) is 9.18 Å². The number of hydrogen-bond donors (Lipinski definition) is 0. The lowest BCUT2D eigenvalue weighted by molar-refractivity contribution is -0.138. The van der Waals surface area contributed by atoms with Crippen molar-refractivity contribution in [3.63, 3.8) is 0 Å². The Morgan fingerprint density at radius 1 is 1.19 bits per heavy atom. The number of esters is 1. The number of hydrogen-bond acceptors (Lipinski definition) is 2. The third kappa shape index (κ3) is 62.8. The molecule has 0 aliphatic rings. The zero-order chi connectivity index (χ0) is 10.4. The molecule has 0 rings (SSSR count). The molecule has 2 nitrogen and oxygen atoms in total. The highest BCUT2D eigenvalue weighted by Crippen LogP contribution is 1.89. The fourth-order valence-electron chi connectivity index (χ4n) is 0.198. The van der Waals surface area contributed by atoms with Crippen LogP contribution in [0.5, 0.6) is 0 Å². The molecule has 0 heterocycles. The van der Waals surface area contributed by atoms with Crippen LogP contribution in [-0.4, -0.2) is 19.3 Å². The summed E-state index contributed by atoms with van der Waals surface area (Å²) in [6, 6.07) is 0. The van der Waals surface area contributed by atoms with E-state index in [-0.39, 0.29) is 36.3 Å². The molecule has 0 aromatic carbocycles. The summed E-state index contributed by atoms with van der Waals surface area (Å²) in [7, 11) is 0. The maximum Gasteiger partial charge on any atom is 0.330 e. The topological polar surface area (TPSA) is 26.3 Å². The lowest BCUT2D eigenvalue weighted by atomic mass is 10.6. The molecule has 0 aliphatic heterocycles. The molecule has 0 aromatic rings. The van der Waals surface area contributed by atoms with Gasteiger partial charge >= 0.3 is 5.97 Å². The Morgan fingerprint density at radius 3 is 1.69 bits per heavy atom. The highest BCUT2D eigenvalue weighted by molar-refractivity contribution is 15.0. The van der Waals surface area contributed by atoms with E-state index in [0.717, 1.165) is 6.08 Å². The van der Waals surface area contributed by atoms with Gasteiger partial charge < -0.3 is 4.74 Å². The summed E-state index contributed by atoms with van der Waals surface area (Å²) >= 11 is 4.24. The Hall–Kier alpha value is 0.460. The molecule has 0 fully saturated rings. The average Bonchev–Trinajstić information content (AvgIpc) is 2.20. The quantitative estimate of drug-likeness (QED) is 0.292. The van der Waals surface area contributed by atoms with Crippen molar-refractivity contribution in [2.75, 3.05) is 13.3 Å². The molecule has 16 heavy (non-hydrogen) atoms. The smallest absolute Gasteiger partial charge is 0.330 e. The highest BCUT2D eigenvalue weighted by atomic mass is 128. The molecule has 0 radical (unpaired) electrons. The first kappa shape index (κ1) is 44.0. The largest absolute Gasteiger partial charge is 0.460 e. The summed E-state index contributed by atoms with van der Waals surface area (Å²) in [5.41, 5.74) is 0. The molecule has 0 aliphatic carbocycles. The van der Waals surface area contributed by atoms with E-state index < -0.39 is 12.6 Å². The van der Waals surface area contributed by atoms with Gasteiger partial charge in [-0.15, -0.1) is 0 Å². The van der Waals surface area contributed by atoms with Crippen LogP contribution < -0.4 is 0 Å². The fourth-order valence-corrected chi connectivity index (χ4v) is 0.198. The molecule has 0 aromatic heterocycles. The van der Waals surface area contributed by atoms with E-state index in [1.54, 1.807) is 0 Å². The zero-order valence-corrected chi connectivity index (χ0v) is 10.2. The lowest BCUT2D eigenvalue weighted by Gasteiger charge is -1.93. The maximum absolute atomic E-state index is 11.2. The summed E-state index contributed by atoms with van der Waals surface area (Å²) < 4.78 is 31.4. The minimum Gasteiger partial charge on any atom is -0.460 e. The van der Waals surface area contributed by atoms with Gasteiger partial charge in [-0.2, -0.15) is 0 Å². The molecular weight excluding hydrogens is 451 g/mol. The van der Waals surface area contributed by atoms with E-state index in [4.69, 9.17) is 9.15 Å². The van der Waals surface area contributed by atoms with Gasteiger partial charge in [-0.1, -0.05) is 36.3 Å². The van der Waals surface area contributed by atoms with Crippen molar-refractivity contribution in [2.45, 2.75) is 29.7 Å². The predicted molar refractivity (Wildman–Crippen MR) is 84.3 cm³/mol. The summed E-state index contributed by atoms with van der Waals surface area (Å²) in [4.78, 5) is 10.1. The summed E-state index contributed by atoms with van der Waals surface area (Å²) in [6.45, 7) is 2.30.